The zero-order valence-corrected chi connectivity index (χ0v) is 42.3. The van der Waals surface area contributed by atoms with E-state index in [4.69, 9.17) is 9.97 Å². The van der Waals surface area contributed by atoms with Gasteiger partial charge in [-0.2, -0.15) is 13.2 Å². The smallest absolute Gasteiger partial charge is 0.309 e. The predicted octanol–water partition coefficient (Wildman–Crippen LogP) is 19.1. The topological polar surface area (TPSA) is 40.6 Å². The van der Waals surface area contributed by atoms with E-state index in [0.29, 0.717) is 27.8 Å². The molecular weight excluding hydrogens is 980 g/mol. The number of aromatic nitrogens is 5. The number of alkyl halides is 3. The van der Waals surface area contributed by atoms with Crippen LogP contribution in [0.1, 0.15) is 5.56 Å². The molecule has 4 aromatic heterocycles. The van der Waals surface area contributed by atoms with Crippen LogP contribution in [0.15, 0.2) is 267 Å². The van der Waals surface area contributed by atoms with Crippen LogP contribution in [0.3, 0.4) is 0 Å². The molecule has 0 fully saturated rings. The highest BCUT2D eigenvalue weighted by molar-refractivity contribution is 6.12. The van der Waals surface area contributed by atoms with Crippen LogP contribution >= 0.6 is 0 Å². The van der Waals surface area contributed by atoms with Crippen molar-refractivity contribution in [2.75, 3.05) is 0 Å². The van der Waals surface area contributed by atoms with Gasteiger partial charge in [0.15, 0.2) is 5.82 Å². The molecule has 0 spiro atoms. The molecular formula is C71H44F3N5. The Morgan fingerprint density at radius 2 is 0.646 bits per heavy atom. The fourth-order valence-corrected chi connectivity index (χ4v) is 11.9. The number of benzene rings is 11. The minimum absolute atomic E-state index is 0.505. The number of rotatable bonds is 8. The molecule has 0 aliphatic heterocycles. The maximum absolute atomic E-state index is 14.7. The standard InChI is InChI=1S/C71H44F3N5/c72-71(73,74)50-35-40-68-60(43-50)57-25-11-16-30-67(57)79(68)69-58(45-31-36-51(37-32-45)77-63-26-12-7-21-53(63)54-22-8-13-27-64(54)77)41-49(62-44-61(47-17-3-1-4-18-47)75-70(76-62)48-19-5-2-6-20-48)42-59(69)46-33-38-52(39-34-46)78-65-28-14-9-23-55(65)56-24-10-15-29-66(56)78/h1-44H. The molecule has 0 saturated heterocycles. The van der Waals surface area contributed by atoms with Gasteiger partial charge in [-0.1, -0.05) is 176 Å². The average Bonchev–Trinajstić information content (AvgIpc) is 4.38. The Morgan fingerprint density at radius 3 is 1.09 bits per heavy atom. The van der Waals surface area contributed by atoms with Crippen molar-refractivity contribution in [3.63, 3.8) is 0 Å². The summed E-state index contributed by atoms with van der Waals surface area (Å²) in [7, 11) is 0. The van der Waals surface area contributed by atoms with E-state index >= 15 is 0 Å². The maximum Gasteiger partial charge on any atom is 0.416 e. The second kappa shape index (κ2) is 18.2. The van der Waals surface area contributed by atoms with Crippen LogP contribution < -0.4 is 0 Å². The zero-order chi connectivity index (χ0) is 52.8. The third-order valence-corrected chi connectivity index (χ3v) is 15.5. The first-order chi connectivity index (χ1) is 38.8. The molecule has 79 heavy (non-hydrogen) atoms. The monoisotopic (exact) mass is 1020 g/mol. The quantitative estimate of drug-likeness (QED) is 0.152. The van der Waals surface area contributed by atoms with Crippen molar-refractivity contribution in [3.05, 3.63) is 272 Å². The summed E-state index contributed by atoms with van der Waals surface area (Å²) in [5.74, 6) is 0.582. The van der Waals surface area contributed by atoms with Crippen molar-refractivity contribution in [2.24, 2.45) is 0 Å². The van der Waals surface area contributed by atoms with Gasteiger partial charge in [0.1, 0.15) is 0 Å². The van der Waals surface area contributed by atoms with Crippen molar-refractivity contribution in [2.45, 2.75) is 6.18 Å². The lowest BCUT2D eigenvalue weighted by Gasteiger charge is -2.22. The van der Waals surface area contributed by atoms with Gasteiger partial charge < -0.3 is 13.7 Å². The number of fused-ring (bicyclic) bond motifs is 9. The second-order valence-corrected chi connectivity index (χ2v) is 20.0. The summed E-state index contributed by atoms with van der Waals surface area (Å²) in [4.78, 5) is 10.5. The van der Waals surface area contributed by atoms with Gasteiger partial charge in [-0.05, 0) is 102 Å². The predicted molar refractivity (Wildman–Crippen MR) is 317 cm³/mol. The maximum atomic E-state index is 14.7. The number of halogens is 3. The van der Waals surface area contributed by atoms with Crippen LogP contribution in [0, 0.1) is 0 Å². The molecule has 4 heterocycles. The minimum atomic E-state index is -4.54. The Labute approximate surface area is 452 Å². The van der Waals surface area contributed by atoms with Crippen LogP contribution in [-0.4, -0.2) is 23.7 Å². The van der Waals surface area contributed by atoms with Gasteiger partial charge in [-0.25, -0.2) is 9.97 Å². The highest BCUT2D eigenvalue weighted by Gasteiger charge is 2.32. The molecule has 0 bridgehead atoms. The van der Waals surface area contributed by atoms with Crippen LogP contribution in [0.4, 0.5) is 13.2 Å². The fraction of sp³-hybridized carbons (Fsp3) is 0.0141. The van der Waals surface area contributed by atoms with Crippen LogP contribution in [-0.2, 0) is 6.18 Å². The van der Waals surface area contributed by atoms with E-state index in [1.165, 1.54) is 33.7 Å². The first-order valence-electron chi connectivity index (χ1n) is 26.3. The highest BCUT2D eigenvalue weighted by atomic mass is 19.4. The first-order valence-corrected chi connectivity index (χ1v) is 26.3. The third kappa shape index (κ3) is 7.63. The first kappa shape index (κ1) is 46.0. The number of hydrogen-bond acceptors (Lipinski definition) is 2. The Balaban J connectivity index is 1.03. The van der Waals surface area contributed by atoms with E-state index in [9.17, 15) is 13.2 Å². The van der Waals surface area contributed by atoms with E-state index in [1.807, 2.05) is 72.8 Å². The summed E-state index contributed by atoms with van der Waals surface area (Å²) >= 11 is 0. The van der Waals surface area contributed by atoms with Gasteiger partial charge in [0.25, 0.3) is 0 Å². The molecule has 0 saturated carbocycles. The Hall–Kier alpha value is -10.3. The molecule has 0 amide bonds. The van der Waals surface area contributed by atoms with Crippen molar-refractivity contribution in [1.82, 2.24) is 23.7 Å². The zero-order valence-electron chi connectivity index (χ0n) is 42.3. The largest absolute Gasteiger partial charge is 0.416 e. The molecule has 8 heteroatoms. The van der Waals surface area contributed by atoms with E-state index in [1.54, 1.807) is 6.07 Å². The third-order valence-electron chi connectivity index (χ3n) is 15.5. The minimum Gasteiger partial charge on any atom is -0.309 e. The molecule has 0 N–H and O–H groups in total. The number of nitrogens with zero attached hydrogens (tertiary/aromatic N) is 5. The van der Waals surface area contributed by atoms with Gasteiger partial charge in [0.2, 0.25) is 0 Å². The highest BCUT2D eigenvalue weighted by Crippen LogP contribution is 2.46. The van der Waals surface area contributed by atoms with Crippen molar-refractivity contribution in [3.8, 4) is 73.2 Å². The summed E-state index contributed by atoms with van der Waals surface area (Å²) < 4.78 is 50.8. The van der Waals surface area contributed by atoms with E-state index in [-0.39, 0.29) is 0 Å². The van der Waals surface area contributed by atoms with Gasteiger partial charge in [0.05, 0.1) is 55.7 Å². The van der Waals surface area contributed by atoms with Crippen LogP contribution in [0.2, 0.25) is 0 Å². The van der Waals surface area contributed by atoms with Crippen molar-refractivity contribution >= 4 is 65.4 Å². The summed E-state index contributed by atoms with van der Waals surface area (Å²) in [6.07, 6.45) is -4.54. The molecule has 374 valence electrons. The summed E-state index contributed by atoms with van der Waals surface area (Å²) in [5, 5.41) is 5.89. The summed E-state index contributed by atoms with van der Waals surface area (Å²) in [6.45, 7) is 0. The van der Waals surface area contributed by atoms with Gasteiger partial charge in [-0.3, -0.25) is 0 Å². The fourth-order valence-electron chi connectivity index (χ4n) is 11.9. The summed E-state index contributed by atoms with van der Waals surface area (Å²) in [6, 6.07) is 89.7. The summed E-state index contributed by atoms with van der Waals surface area (Å²) in [5.41, 5.74) is 15.6. The van der Waals surface area contributed by atoms with E-state index in [2.05, 4.69) is 190 Å². The average molecular weight is 1020 g/mol. The van der Waals surface area contributed by atoms with E-state index < -0.39 is 11.7 Å². The number of para-hydroxylation sites is 5. The van der Waals surface area contributed by atoms with Crippen molar-refractivity contribution in [1.29, 1.82) is 0 Å². The molecule has 15 aromatic rings. The Morgan fingerprint density at radius 1 is 0.278 bits per heavy atom. The van der Waals surface area contributed by atoms with Gasteiger partial charge in [-0.15, -0.1) is 0 Å². The van der Waals surface area contributed by atoms with Crippen LogP contribution in [0.5, 0.6) is 0 Å². The van der Waals surface area contributed by atoms with Gasteiger partial charge >= 0.3 is 6.18 Å². The lowest BCUT2D eigenvalue weighted by molar-refractivity contribution is -0.137. The molecule has 15 rings (SSSR count). The normalized spacial score (nSPS) is 12.0. The second-order valence-electron chi connectivity index (χ2n) is 20.0. The molecule has 0 aliphatic carbocycles. The molecule has 0 radical (unpaired) electrons. The van der Waals surface area contributed by atoms with Gasteiger partial charge in [0, 0.05) is 71.5 Å². The van der Waals surface area contributed by atoms with E-state index in [0.717, 1.165) is 89.3 Å². The van der Waals surface area contributed by atoms with Crippen LogP contribution in [0.25, 0.3) is 139 Å². The molecule has 5 nitrogen and oxygen atoms in total. The Bertz CT molecular complexity index is 4520. The lowest BCUT2D eigenvalue weighted by atomic mass is 9.91. The molecule has 0 aliphatic rings. The molecule has 11 aromatic carbocycles. The molecule has 0 unspecified atom stereocenters. The molecule has 0 atom stereocenters. The number of hydrogen-bond donors (Lipinski definition) is 0. The Kier molecular flexibility index (Phi) is 10.6. The lowest BCUT2D eigenvalue weighted by Crippen LogP contribution is -2.05. The SMILES string of the molecule is FC(F)(F)c1ccc2c(c1)c1ccccc1n2-c1c(-c2ccc(-n3c4ccccc4c4ccccc43)cc2)cc(-c2cc(-c3ccccc3)nc(-c3ccccc3)n2)cc1-c1ccc(-n2c3ccccc3c3ccccc32)cc1. The van der Waals surface area contributed by atoms with Crippen molar-refractivity contribution < 1.29 is 13.2 Å².